The fourth-order valence-electron chi connectivity index (χ4n) is 5.75. The molecule has 0 aliphatic carbocycles. The summed E-state index contributed by atoms with van der Waals surface area (Å²) in [5.41, 5.74) is 4.35. The lowest BCUT2D eigenvalue weighted by molar-refractivity contribution is -0.200. The number of rotatable bonds is 6. The van der Waals surface area contributed by atoms with Gasteiger partial charge < -0.3 is 14.9 Å². The fourth-order valence-corrected chi connectivity index (χ4v) is 5.75. The maximum Gasteiger partial charge on any atom is 0.416 e. The van der Waals surface area contributed by atoms with Crippen molar-refractivity contribution in [1.82, 2.24) is 0 Å². The summed E-state index contributed by atoms with van der Waals surface area (Å²) < 4.78 is 68.0. The van der Waals surface area contributed by atoms with Crippen LogP contribution in [0.3, 0.4) is 0 Å². The molecule has 0 radical (unpaired) electrons. The highest BCUT2D eigenvalue weighted by atomic mass is 19.4. The van der Waals surface area contributed by atoms with Gasteiger partial charge in [0, 0.05) is 36.3 Å². The molecule has 0 spiro atoms. The smallest absolute Gasteiger partial charge is 0.382 e. The first-order chi connectivity index (χ1) is 17.5. The number of alkyl halides is 5. The number of benzene rings is 3. The van der Waals surface area contributed by atoms with Crippen molar-refractivity contribution in [2.45, 2.75) is 43.4 Å². The number of para-hydroxylation sites is 1. The number of aliphatic hydroxyl groups excluding tert-OH is 1. The van der Waals surface area contributed by atoms with E-state index in [-0.39, 0.29) is 26.1 Å². The molecular formula is C29H29F5N2O. The average Bonchev–Trinajstić information content (AvgIpc) is 3.36. The van der Waals surface area contributed by atoms with Crippen molar-refractivity contribution in [2.75, 3.05) is 36.0 Å². The minimum atomic E-state index is -4.74. The molecule has 8 heteroatoms. The van der Waals surface area contributed by atoms with E-state index in [9.17, 15) is 27.1 Å². The Bertz CT molecular complexity index is 1280. The van der Waals surface area contributed by atoms with E-state index in [0.29, 0.717) is 17.8 Å². The summed E-state index contributed by atoms with van der Waals surface area (Å²) >= 11 is 0. The first kappa shape index (κ1) is 25.5. The van der Waals surface area contributed by atoms with Gasteiger partial charge in [-0.05, 0) is 48.2 Å². The molecule has 3 aromatic carbocycles. The van der Waals surface area contributed by atoms with Crippen molar-refractivity contribution in [3.05, 3.63) is 95.1 Å². The molecule has 0 amide bonds. The van der Waals surface area contributed by atoms with E-state index in [1.807, 2.05) is 55.5 Å². The van der Waals surface area contributed by atoms with Crippen LogP contribution < -0.4 is 9.80 Å². The summed E-state index contributed by atoms with van der Waals surface area (Å²) in [5, 5.41) is 9.93. The zero-order valence-electron chi connectivity index (χ0n) is 20.5. The van der Waals surface area contributed by atoms with Gasteiger partial charge in [0.15, 0.2) is 6.10 Å². The summed E-state index contributed by atoms with van der Waals surface area (Å²) in [7, 11) is 0. The predicted octanol–water partition coefficient (Wildman–Crippen LogP) is 6.11. The minimum absolute atomic E-state index is 0.211. The van der Waals surface area contributed by atoms with Crippen molar-refractivity contribution in [1.29, 1.82) is 0 Å². The second kappa shape index (κ2) is 9.31. The quantitative estimate of drug-likeness (QED) is 0.401. The number of fused-ring (bicyclic) bond motifs is 1. The summed E-state index contributed by atoms with van der Waals surface area (Å²) in [5.74, 6) is -2.75. The lowest BCUT2D eigenvalue weighted by atomic mass is 9.71. The molecule has 0 bridgehead atoms. The van der Waals surface area contributed by atoms with Gasteiger partial charge in [0.25, 0.3) is 5.92 Å². The molecule has 1 saturated heterocycles. The zero-order chi connectivity index (χ0) is 26.4. The van der Waals surface area contributed by atoms with Crippen molar-refractivity contribution in [3.8, 4) is 0 Å². The Hall–Kier alpha value is -3.13. The highest BCUT2D eigenvalue weighted by molar-refractivity contribution is 5.68. The Morgan fingerprint density at radius 3 is 2.41 bits per heavy atom. The Morgan fingerprint density at radius 2 is 1.70 bits per heavy atom. The maximum atomic E-state index is 14.0. The molecule has 196 valence electrons. The SMILES string of the molecule is Cc1cccc(CC2(c3cccc(N4CCC(F)(F)C4)c3)CN(C[C@@H](O)C(F)(F)F)c3ccccc32)c1. The zero-order valence-corrected chi connectivity index (χ0v) is 20.5. The van der Waals surface area contributed by atoms with Crippen LogP contribution in [0, 0.1) is 6.92 Å². The van der Waals surface area contributed by atoms with Crippen molar-refractivity contribution in [2.24, 2.45) is 0 Å². The second-order valence-electron chi connectivity index (χ2n) is 10.3. The van der Waals surface area contributed by atoms with Crippen LogP contribution in [0.15, 0.2) is 72.8 Å². The van der Waals surface area contributed by atoms with Gasteiger partial charge in [-0.25, -0.2) is 8.78 Å². The molecule has 2 atom stereocenters. The van der Waals surface area contributed by atoms with Crippen molar-refractivity contribution >= 4 is 11.4 Å². The van der Waals surface area contributed by atoms with Crippen LogP contribution in [0.5, 0.6) is 0 Å². The van der Waals surface area contributed by atoms with E-state index < -0.39 is 30.2 Å². The molecule has 3 nitrogen and oxygen atoms in total. The van der Waals surface area contributed by atoms with Gasteiger partial charge in [-0.15, -0.1) is 0 Å². The highest BCUT2D eigenvalue weighted by Crippen LogP contribution is 2.48. The van der Waals surface area contributed by atoms with Gasteiger partial charge in [0.2, 0.25) is 0 Å². The highest BCUT2D eigenvalue weighted by Gasteiger charge is 2.47. The number of nitrogens with zero attached hydrogens (tertiary/aromatic N) is 2. The van der Waals surface area contributed by atoms with Crippen LogP contribution in [-0.2, 0) is 11.8 Å². The van der Waals surface area contributed by atoms with Crippen LogP contribution >= 0.6 is 0 Å². The molecule has 0 aromatic heterocycles. The average molecular weight is 517 g/mol. The summed E-state index contributed by atoms with van der Waals surface area (Å²) in [4.78, 5) is 3.26. The number of β-amino-alcohol motifs (C(OH)–C–C–N with tert-alkyl or cyclic N) is 1. The van der Waals surface area contributed by atoms with E-state index >= 15 is 0 Å². The number of hydrogen-bond donors (Lipinski definition) is 1. The van der Waals surface area contributed by atoms with Crippen LogP contribution in [0.25, 0.3) is 0 Å². The van der Waals surface area contributed by atoms with Crippen LogP contribution in [-0.4, -0.2) is 49.5 Å². The first-order valence-corrected chi connectivity index (χ1v) is 12.4. The number of anilines is 2. The topological polar surface area (TPSA) is 26.7 Å². The number of aliphatic hydroxyl groups is 1. The molecule has 0 saturated carbocycles. The van der Waals surface area contributed by atoms with Crippen LogP contribution in [0.1, 0.15) is 28.7 Å². The minimum Gasteiger partial charge on any atom is -0.382 e. The predicted molar refractivity (Wildman–Crippen MR) is 135 cm³/mol. The Labute approximate surface area is 213 Å². The molecule has 37 heavy (non-hydrogen) atoms. The molecule has 2 aliphatic heterocycles. The maximum absolute atomic E-state index is 14.0. The van der Waals surface area contributed by atoms with Gasteiger partial charge in [0.1, 0.15) is 0 Å². The molecule has 1 unspecified atom stereocenters. The summed E-state index contributed by atoms with van der Waals surface area (Å²) in [6, 6.07) is 22.8. The first-order valence-electron chi connectivity index (χ1n) is 12.4. The molecule has 1 fully saturated rings. The number of halogens is 5. The standard InChI is InChI=1S/C29H29F5N2O/c1-20-6-4-7-21(14-20)16-27(22-8-5-9-23(15-22)35-13-12-28(30,31)19-35)18-36(17-26(37)29(32,33)34)25-11-3-2-10-24(25)27/h2-11,14-15,26,37H,12-13,16-19H2,1H3/t26-,27?/m1/s1. The third-order valence-electron chi connectivity index (χ3n) is 7.51. The summed E-state index contributed by atoms with van der Waals surface area (Å²) in [6.07, 6.45) is -6.94. The van der Waals surface area contributed by atoms with Crippen molar-refractivity contribution in [3.63, 3.8) is 0 Å². The van der Waals surface area contributed by atoms with E-state index in [4.69, 9.17) is 0 Å². The molecule has 2 heterocycles. The van der Waals surface area contributed by atoms with Gasteiger partial charge in [-0.3, -0.25) is 0 Å². The van der Waals surface area contributed by atoms with Gasteiger partial charge in [-0.1, -0.05) is 60.2 Å². The lowest BCUT2D eigenvalue weighted by Gasteiger charge is -2.33. The molecule has 1 N–H and O–H groups in total. The third-order valence-corrected chi connectivity index (χ3v) is 7.51. The monoisotopic (exact) mass is 516 g/mol. The Balaban J connectivity index is 1.61. The van der Waals surface area contributed by atoms with Gasteiger partial charge in [-0.2, -0.15) is 13.2 Å². The number of aryl methyl sites for hydroxylation is 1. The van der Waals surface area contributed by atoms with E-state index in [2.05, 4.69) is 6.07 Å². The van der Waals surface area contributed by atoms with Crippen molar-refractivity contribution < 1.29 is 27.1 Å². The van der Waals surface area contributed by atoms with E-state index in [0.717, 1.165) is 22.3 Å². The van der Waals surface area contributed by atoms with Crippen LogP contribution in [0.4, 0.5) is 33.3 Å². The molecular weight excluding hydrogens is 487 g/mol. The van der Waals surface area contributed by atoms with Gasteiger partial charge >= 0.3 is 6.18 Å². The second-order valence-corrected chi connectivity index (χ2v) is 10.3. The number of hydrogen-bond acceptors (Lipinski definition) is 3. The Kier molecular flexibility index (Phi) is 6.42. The molecule has 5 rings (SSSR count). The molecule has 3 aromatic rings. The summed E-state index contributed by atoms with van der Waals surface area (Å²) in [6.45, 7) is 1.49. The normalized spacial score (nSPS) is 21.8. The largest absolute Gasteiger partial charge is 0.416 e. The fraction of sp³-hybridized carbons (Fsp3) is 0.379. The van der Waals surface area contributed by atoms with E-state index in [1.54, 1.807) is 28.0 Å². The van der Waals surface area contributed by atoms with Crippen LogP contribution in [0.2, 0.25) is 0 Å². The van der Waals surface area contributed by atoms with E-state index in [1.165, 1.54) is 0 Å². The lowest BCUT2D eigenvalue weighted by Crippen LogP contribution is -2.44. The third kappa shape index (κ3) is 5.04. The Morgan fingerprint density at radius 1 is 0.946 bits per heavy atom. The molecule has 2 aliphatic rings. The van der Waals surface area contributed by atoms with Gasteiger partial charge in [0.05, 0.1) is 13.1 Å².